The second kappa shape index (κ2) is 10.9. The zero-order valence-electron chi connectivity index (χ0n) is 19.1. The molecule has 0 amide bonds. The van der Waals surface area contributed by atoms with E-state index < -0.39 is 0 Å². The molecule has 1 heterocycles. The Labute approximate surface area is 189 Å². The van der Waals surface area contributed by atoms with Crippen LogP contribution in [0.1, 0.15) is 76.2 Å². The van der Waals surface area contributed by atoms with E-state index in [9.17, 15) is 8.78 Å². The molecular weight excluding hydrogens is 402 g/mol. The standard InChI is InChI=1S/C28H38F2Si/c1-2-17-31-18-15-22(16-19-31)4-3-21-5-7-23(8-6-21)25-11-14-27(28(30)20-25)24-9-12-26(29)13-10-24/h9-14,20-23,31H,2-8,15-19H2,1H3. The van der Waals surface area contributed by atoms with Crippen molar-refractivity contribution < 1.29 is 8.78 Å². The predicted octanol–water partition coefficient (Wildman–Crippen LogP) is 8.73. The summed E-state index contributed by atoms with van der Waals surface area (Å²) in [7, 11) is -0.345. The molecule has 0 N–H and O–H groups in total. The monoisotopic (exact) mass is 440 g/mol. The van der Waals surface area contributed by atoms with Crippen LogP contribution in [0.3, 0.4) is 0 Å². The molecule has 2 fully saturated rings. The molecule has 1 saturated carbocycles. The van der Waals surface area contributed by atoms with Gasteiger partial charge in [-0.2, -0.15) is 0 Å². The molecule has 1 aliphatic carbocycles. The number of hydrogen-bond acceptors (Lipinski definition) is 0. The number of halogens is 2. The first-order valence-electron chi connectivity index (χ1n) is 12.7. The van der Waals surface area contributed by atoms with E-state index >= 15 is 0 Å². The van der Waals surface area contributed by atoms with Gasteiger partial charge in [-0.1, -0.05) is 81.4 Å². The molecule has 0 bridgehead atoms. The van der Waals surface area contributed by atoms with Crippen molar-refractivity contribution in [2.45, 2.75) is 88.8 Å². The van der Waals surface area contributed by atoms with Crippen molar-refractivity contribution in [1.29, 1.82) is 0 Å². The van der Waals surface area contributed by atoms with E-state index in [1.54, 1.807) is 36.3 Å². The van der Waals surface area contributed by atoms with Gasteiger partial charge in [0.1, 0.15) is 11.6 Å². The van der Waals surface area contributed by atoms with Crippen molar-refractivity contribution in [1.82, 2.24) is 0 Å². The molecule has 1 saturated heterocycles. The second-order valence-electron chi connectivity index (χ2n) is 10.2. The van der Waals surface area contributed by atoms with E-state index in [0.29, 0.717) is 11.5 Å². The average molecular weight is 441 g/mol. The number of rotatable bonds is 7. The molecule has 0 aromatic heterocycles. The molecule has 0 radical (unpaired) electrons. The first kappa shape index (κ1) is 22.7. The molecule has 31 heavy (non-hydrogen) atoms. The Balaban J connectivity index is 1.24. The topological polar surface area (TPSA) is 0 Å². The molecule has 0 atom stereocenters. The largest absolute Gasteiger partial charge is 0.207 e. The van der Waals surface area contributed by atoms with Gasteiger partial charge in [0.15, 0.2) is 0 Å². The van der Waals surface area contributed by atoms with E-state index in [1.807, 2.05) is 6.07 Å². The first-order chi connectivity index (χ1) is 15.1. The van der Waals surface area contributed by atoms with Gasteiger partial charge in [-0.25, -0.2) is 8.78 Å². The fourth-order valence-corrected chi connectivity index (χ4v) is 9.69. The highest BCUT2D eigenvalue weighted by Gasteiger charge is 2.26. The summed E-state index contributed by atoms with van der Waals surface area (Å²) in [4.78, 5) is 0. The normalized spacial score (nSPS) is 26.7. The summed E-state index contributed by atoms with van der Waals surface area (Å²) in [5, 5.41) is 0. The molecule has 2 aromatic rings. The van der Waals surface area contributed by atoms with Gasteiger partial charge in [0, 0.05) is 14.4 Å². The van der Waals surface area contributed by atoms with Crippen LogP contribution in [0.4, 0.5) is 8.78 Å². The van der Waals surface area contributed by atoms with Gasteiger partial charge in [0.25, 0.3) is 0 Å². The lowest BCUT2D eigenvalue weighted by Crippen LogP contribution is -2.22. The van der Waals surface area contributed by atoms with E-state index in [2.05, 4.69) is 13.0 Å². The minimum absolute atomic E-state index is 0.187. The van der Waals surface area contributed by atoms with Crippen molar-refractivity contribution in [2.24, 2.45) is 11.8 Å². The Morgan fingerprint density at radius 1 is 0.806 bits per heavy atom. The Morgan fingerprint density at radius 3 is 2.06 bits per heavy atom. The van der Waals surface area contributed by atoms with Crippen LogP contribution in [0.2, 0.25) is 18.1 Å². The fourth-order valence-electron chi connectivity index (χ4n) is 6.12. The van der Waals surface area contributed by atoms with Crippen LogP contribution in [-0.4, -0.2) is 8.80 Å². The van der Waals surface area contributed by atoms with E-state index in [4.69, 9.17) is 0 Å². The highest BCUT2D eigenvalue weighted by molar-refractivity contribution is 6.58. The lowest BCUT2D eigenvalue weighted by atomic mass is 9.76. The zero-order valence-corrected chi connectivity index (χ0v) is 20.2. The summed E-state index contributed by atoms with van der Waals surface area (Å²) < 4.78 is 27.9. The Bertz CT molecular complexity index is 815. The molecule has 0 nitrogen and oxygen atoms in total. The summed E-state index contributed by atoms with van der Waals surface area (Å²) in [5.41, 5.74) is 2.44. The maximum atomic E-state index is 14.8. The van der Waals surface area contributed by atoms with Crippen LogP contribution in [0.25, 0.3) is 11.1 Å². The smallest absolute Gasteiger partial charge is 0.131 e. The SMILES string of the molecule is CCC[SiH]1CCC(CCC2CCC(c3ccc(-c4ccc(F)cc4)c(F)c3)CC2)CC1. The predicted molar refractivity (Wildman–Crippen MR) is 130 cm³/mol. The van der Waals surface area contributed by atoms with Crippen LogP contribution >= 0.6 is 0 Å². The summed E-state index contributed by atoms with van der Waals surface area (Å²) in [5.74, 6) is 1.90. The molecule has 168 valence electrons. The molecule has 1 aliphatic heterocycles. The van der Waals surface area contributed by atoms with Gasteiger partial charge in [-0.05, 0) is 72.8 Å². The van der Waals surface area contributed by atoms with Crippen LogP contribution in [0, 0.1) is 23.5 Å². The van der Waals surface area contributed by atoms with Crippen molar-refractivity contribution in [2.75, 3.05) is 0 Å². The molecule has 2 aliphatic rings. The molecule has 3 heteroatoms. The maximum absolute atomic E-state index is 14.8. The van der Waals surface area contributed by atoms with Gasteiger partial charge in [0.2, 0.25) is 0 Å². The third-order valence-corrected chi connectivity index (χ3v) is 11.8. The second-order valence-corrected chi connectivity index (χ2v) is 13.7. The molecule has 4 rings (SSSR count). The molecule has 0 spiro atoms. The number of benzene rings is 2. The van der Waals surface area contributed by atoms with Crippen molar-refractivity contribution in [3.8, 4) is 11.1 Å². The van der Waals surface area contributed by atoms with Gasteiger partial charge in [-0.15, -0.1) is 0 Å². The van der Waals surface area contributed by atoms with Crippen LogP contribution < -0.4 is 0 Å². The highest BCUT2D eigenvalue weighted by Crippen LogP contribution is 2.40. The van der Waals surface area contributed by atoms with Crippen molar-refractivity contribution in [3.63, 3.8) is 0 Å². The summed E-state index contributed by atoms with van der Waals surface area (Å²) in [6.07, 6.45) is 12.3. The Morgan fingerprint density at radius 2 is 1.45 bits per heavy atom. The minimum atomic E-state index is -0.345. The van der Waals surface area contributed by atoms with E-state index in [1.165, 1.54) is 69.9 Å². The fraction of sp³-hybridized carbons (Fsp3) is 0.571. The minimum Gasteiger partial charge on any atom is -0.207 e. The van der Waals surface area contributed by atoms with E-state index in [-0.39, 0.29) is 20.4 Å². The average Bonchev–Trinajstić information content (AvgIpc) is 2.80. The zero-order chi connectivity index (χ0) is 21.6. The number of hydrogen-bond donors (Lipinski definition) is 0. The third kappa shape index (κ3) is 6.06. The van der Waals surface area contributed by atoms with Crippen LogP contribution in [-0.2, 0) is 0 Å². The Hall–Kier alpha value is -1.48. The maximum Gasteiger partial charge on any atom is 0.131 e. The third-order valence-electron chi connectivity index (χ3n) is 8.11. The molecular formula is C28H38F2Si. The van der Waals surface area contributed by atoms with Crippen molar-refractivity contribution >= 4 is 8.80 Å². The quantitative estimate of drug-likeness (QED) is 0.378. The van der Waals surface area contributed by atoms with Gasteiger partial charge in [0.05, 0.1) is 0 Å². The first-order valence-corrected chi connectivity index (χ1v) is 15.1. The highest BCUT2D eigenvalue weighted by atomic mass is 28.3. The lowest BCUT2D eigenvalue weighted by Gasteiger charge is -2.32. The van der Waals surface area contributed by atoms with E-state index in [0.717, 1.165) is 23.0 Å². The van der Waals surface area contributed by atoms with Crippen LogP contribution in [0.5, 0.6) is 0 Å². The lowest BCUT2D eigenvalue weighted by molar-refractivity contribution is 0.280. The molecule has 2 aromatic carbocycles. The van der Waals surface area contributed by atoms with Gasteiger partial charge >= 0.3 is 0 Å². The van der Waals surface area contributed by atoms with Gasteiger partial charge < -0.3 is 0 Å². The summed E-state index contributed by atoms with van der Waals surface area (Å²) >= 11 is 0. The van der Waals surface area contributed by atoms with Crippen molar-refractivity contribution in [3.05, 3.63) is 59.7 Å². The van der Waals surface area contributed by atoms with Gasteiger partial charge in [-0.3, -0.25) is 0 Å². The molecule has 0 unspecified atom stereocenters. The van der Waals surface area contributed by atoms with Crippen LogP contribution in [0.15, 0.2) is 42.5 Å². The Kier molecular flexibility index (Phi) is 7.98. The summed E-state index contributed by atoms with van der Waals surface area (Å²) in [6.45, 7) is 2.35. The summed E-state index contributed by atoms with van der Waals surface area (Å²) in [6, 6.07) is 16.5.